The van der Waals surface area contributed by atoms with E-state index in [9.17, 15) is 9.59 Å². The fraction of sp³-hybridized carbons (Fsp3) is 0.182. The zero-order chi connectivity index (χ0) is 21.5. The molecule has 1 heterocycles. The summed E-state index contributed by atoms with van der Waals surface area (Å²) in [6, 6.07) is 15.4. The third-order valence-corrected chi connectivity index (χ3v) is 4.54. The molecule has 0 bridgehead atoms. The minimum absolute atomic E-state index is 0.280. The van der Waals surface area contributed by atoms with E-state index in [1.54, 1.807) is 60.5 Å². The lowest BCUT2D eigenvalue weighted by Gasteiger charge is -2.19. The molecule has 3 rings (SSSR count). The van der Waals surface area contributed by atoms with Gasteiger partial charge < -0.3 is 19.9 Å². The van der Waals surface area contributed by atoms with E-state index in [-0.39, 0.29) is 6.42 Å². The van der Waals surface area contributed by atoms with E-state index in [0.717, 1.165) is 11.1 Å². The number of nitriles is 1. The molecule has 0 aliphatic carbocycles. The predicted octanol–water partition coefficient (Wildman–Crippen LogP) is 2.34. The standard InChI is InChI=1S/C22H21N5O3/c1-27-14-13-24-20(27)19(16-5-9-18(30-2)10-6-16)26-22(29)21(28)25-17-7-3-15(4-8-17)11-12-23/h3-10,13-14,19H,11H2,1-2H3,(H,25,28)(H,26,29). The van der Waals surface area contributed by atoms with Crippen LogP contribution in [0.25, 0.3) is 0 Å². The molecular formula is C22H21N5O3. The molecule has 152 valence electrons. The van der Waals surface area contributed by atoms with Crippen LogP contribution < -0.4 is 15.4 Å². The predicted molar refractivity (Wildman–Crippen MR) is 111 cm³/mol. The number of amides is 2. The normalized spacial score (nSPS) is 11.2. The van der Waals surface area contributed by atoms with Crippen molar-refractivity contribution >= 4 is 17.5 Å². The molecule has 8 heteroatoms. The van der Waals surface area contributed by atoms with Gasteiger partial charge in [-0.1, -0.05) is 24.3 Å². The molecule has 0 saturated carbocycles. The summed E-state index contributed by atoms with van der Waals surface area (Å²) in [4.78, 5) is 29.3. The number of nitrogens with zero attached hydrogens (tertiary/aromatic N) is 3. The molecule has 2 aromatic carbocycles. The third-order valence-electron chi connectivity index (χ3n) is 4.54. The van der Waals surface area contributed by atoms with E-state index in [2.05, 4.69) is 21.7 Å². The van der Waals surface area contributed by atoms with Gasteiger partial charge in [-0.2, -0.15) is 5.26 Å². The molecule has 0 saturated heterocycles. The highest BCUT2D eigenvalue weighted by molar-refractivity contribution is 6.39. The average molecular weight is 403 g/mol. The summed E-state index contributed by atoms with van der Waals surface area (Å²) in [5.41, 5.74) is 2.05. The molecule has 1 aromatic heterocycles. The second-order valence-corrected chi connectivity index (χ2v) is 6.56. The smallest absolute Gasteiger partial charge is 0.313 e. The van der Waals surface area contributed by atoms with Gasteiger partial charge in [0.1, 0.15) is 17.6 Å². The van der Waals surface area contributed by atoms with Crippen molar-refractivity contribution in [2.45, 2.75) is 12.5 Å². The topological polar surface area (TPSA) is 109 Å². The number of nitrogens with one attached hydrogen (secondary N) is 2. The molecule has 0 aliphatic heterocycles. The number of rotatable bonds is 6. The number of anilines is 1. The van der Waals surface area contributed by atoms with Gasteiger partial charge in [-0.25, -0.2) is 4.98 Å². The van der Waals surface area contributed by atoms with Crippen molar-refractivity contribution in [1.82, 2.24) is 14.9 Å². The number of carbonyl (C=O) groups excluding carboxylic acids is 2. The van der Waals surface area contributed by atoms with Gasteiger partial charge in [-0.15, -0.1) is 0 Å². The maximum Gasteiger partial charge on any atom is 0.313 e. The van der Waals surface area contributed by atoms with Gasteiger partial charge in [0.2, 0.25) is 0 Å². The van der Waals surface area contributed by atoms with Gasteiger partial charge in [0.15, 0.2) is 0 Å². The van der Waals surface area contributed by atoms with Crippen LogP contribution in [0.15, 0.2) is 60.9 Å². The van der Waals surface area contributed by atoms with Crippen molar-refractivity contribution in [3.63, 3.8) is 0 Å². The molecule has 0 spiro atoms. The first-order valence-corrected chi connectivity index (χ1v) is 9.20. The minimum atomic E-state index is -0.796. The maximum atomic E-state index is 12.6. The van der Waals surface area contributed by atoms with Crippen LogP contribution in [0.4, 0.5) is 5.69 Å². The Balaban J connectivity index is 1.76. The van der Waals surface area contributed by atoms with E-state index >= 15 is 0 Å². The molecule has 2 amide bonds. The quantitative estimate of drug-likeness (QED) is 0.614. The number of ether oxygens (including phenoxy) is 1. The number of aryl methyl sites for hydroxylation is 1. The maximum absolute atomic E-state index is 12.6. The van der Waals surface area contributed by atoms with Crippen molar-refractivity contribution < 1.29 is 14.3 Å². The van der Waals surface area contributed by atoms with Gasteiger partial charge in [0.25, 0.3) is 0 Å². The molecule has 0 radical (unpaired) electrons. The lowest BCUT2D eigenvalue weighted by Crippen LogP contribution is -2.39. The Hall–Kier alpha value is -4.12. The molecule has 1 unspecified atom stereocenters. The monoisotopic (exact) mass is 403 g/mol. The first-order valence-electron chi connectivity index (χ1n) is 9.20. The first-order chi connectivity index (χ1) is 14.5. The highest BCUT2D eigenvalue weighted by Crippen LogP contribution is 2.23. The van der Waals surface area contributed by atoms with Crippen LogP contribution in [-0.2, 0) is 23.1 Å². The number of methoxy groups -OCH3 is 1. The van der Waals surface area contributed by atoms with Crippen LogP contribution >= 0.6 is 0 Å². The highest BCUT2D eigenvalue weighted by atomic mass is 16.5. The highest BCUT2D eigenvalue weighted by Gasteiger charge is 2.24. The Labute approximate surface area is 174 Å². The molecule has 0 aliphatic rings. The van der Waals surface area contributed by atoms with Crippen molar-refractivity contribution in [2.75, 3.05) is 12.4 Å². The van der Waals surface area contributed by atoms with Crippen LogP contribution in [0, 0.1) is 11.3 Å². The summed E-state index contributed by atoms with van der Waals surface area (Å²) in [6.07, 6.45) is 3.67. The number of hydrogen-bond acceptors (Lipinski definition) is 5. The van der Waals surface area contributed by atoms with Gasteiger partial charge in [0, 0.05) is 25.1 Å². The summed E-state index contributed by atoms with van der Waals surface area (Å²) >= 11 is 0. The van der Waals surface area contributed by atoms with Crippen molar-refractivity contribution in [3.8, 4) is 11.8 Å². The SMILES string of the molecule is COc1ccc(C(NC(=O)C(=O)Nc2ccc(CC#N)cc2)c2nccn2C)cc1. The summed E-state index contributed by atoms with van der Waals surface area (Å²) in [7, 11) is 3.39. The van der Waals surface area contributed by atoms with Crippen molar-refractivity contribution in [1.29, 1.82) is 5.26 Å². The van der Waals surface area contributed by atoms with Gasteiger partial charge in [-0.3, -0.25) is 9.59 Å². The van der Waals surface area contributed by atoms with E-state index in [0.29, 0.717) is 17.3 Å². The Morgan fingerprint density at radius 3 is 2.40 bits per heavy atom. The fourth-order valence-corrected chi connectivity index (χ4v) is 2.93. The molecule has 2 N–H and O–H groups in total. The zero-order valence-electron chi connectivity index (χ0n) is 16.6. The molecule has 1 atom stereocenters. The molecule has 30 heavy (non-hydrogen) atoms. The third kappa shape index (κ3) is 4.83. The molecular weight excluding hydrogens is 382 g/mol. The van der Waals surface area contributed by atoms with Gasteiger partial charge in [-0.05, 0) is 35.4 Å². The fourth-order valence-electron chi connectivity index (χ4n) is 2.93. The minimum Gasteiger partial charge on any atom is -0.497 e. The van der Waals surface area contributed by atoms with Crippen LogP contribution in [0.1, 0.15) is 23.0 Å². The lowest BCUT2D eigenvalue weighted by atomic mass is 10.1. The summed E-state index contributed by atoms with van der Waals surface area (Å²) in [5, 5.41) is 14.0. The van der Waals surface area contributed by atoms with E-state index < -0.39 is 17.9 Å². The Bertz CT molecular complexity index is 1070. The number of aromatic nitrogens is 2. The van der Waals surface area contributed by atoms with Crippen molar-refractivity contribution in [2.24, 2.45) is 7.05 Å². The Morgan fingerprint density at radius 1 is 1.13 bits per heavy atom. The second-order valence-electron chi connectivity index (χ2n) is 6.56. The average Bonchev–Trinajstić information content (AvgIpc) is 3.19. The van der Waals surface area contributed by atoms with E-state index in [4.69, 9.17) is 10.00 Å². The van der Waals surface area contributed by atoms with Crippen LogP contribution in [0.3, 0.4) is 0 Å². The first kappa shape index (κ1) is 20.6. The Morgan fingerprint density at radius 2 is 1.83 bits per heavy atom. The number of imidazole rings is 1. The number of benzene rings is 2. The van der Waals surface area contributed by atoms with Crippen LogP contribution in [-0.4, -0.2) is 28.5 Å². The molecule has 0 fully saturated rings. The second kappa shape index (κ2) is 9.39. The molecule has 8 nitrogen and oxygen atoms in total. The zero-order valence-corrected chi connectivity index (χ0v) is 16.6. The van der Waals surface area contributed by atoms with Gasteiger partial charge in [0.05, 0.1) is 19.6 Å². The van der Waals surface area contributed by atoms with E-state index in [1.807, 2.05) is 19.2 Å². The largest absolute Gasteiger partial charge is 0.497 e. The molecule has 3 aromatic rings. The van der Waals surface area contributed by atoms with Crippen LogP contribution in [0.5, 0.6) is 5.75 Å². The summed E-state index contributed by atoms with van der Waals surface area (Å²) in [6.45, 7) is 0. The summed E-state index contributed by atoms with van der Waals surface area (Å²) < 4.78 is 6.96. The van der Waals surface area contributed by atoms with E-state index in [1.165, 1.54) is 0 Å². The lowest BCUT2D eigenvalue weighted by molar-refractivity contribution is -0.136. The van der Waals surface area contributed by atoms with Crippen molar-refractivity contribution in [3.05, 3.63) is 77.9 Å². The Kier molecular flexibility index (Phi) is 6.45. The number of carbonyl (C=O) groups is 2. The van der Waals surface area contributed by atoms with Gasteiger partial charge >= 0.3 is 11.8 Å². The van der Waals surface area contributed by atoms with Crippen LogP contribution in [0.2, 0.25) is 0 Å². The summed E-state index contributed by atoms with van der Waals surface area (Å²) in [5.74, 6) is -0.320. The number of hydrogen-bond donors (Lipinski definition) is 2.